The standard InChI is InChI=1S/C11H12FN3O2/c12-9-4-2-1-3-8(9)11-14-10(17-15-11)7-16-6-5-13/h1-4H,5-7,13H2. The summed E-state index contributed by atoms with van der Waals surface area (Å²) in [6.45, 7) is 1.02. The molecule has 0 fully saturated rings. The van der Waals surface area contributed by atoms with Crippen molar-refractivity contribution in [3.8, 4) is 11.4 Å². The predicted molar refractivity (Wildman–Crippen MR) is 58.4 cm³/mol. The van der Waals surface area contributed by atoms with Gasteiger partial charge in [-0.15, -0.1) is 0 Å². The summed E-state index contributed by atoms with van der Waals surface area (Å²) in [5.41, 5.74) is 5.57. The van der Waals surface area contributed by atoms with Gasteiger partial charge in [-0.2, -0.15) is 4.98 Å². The van der Waals surface area contributed by atoms with Crippen LogP contribution in [0.25, 0.3) is 11.4 Å². The zero-order valence-electron chi connectivity index (χ0n) is 9.10. The highest BCUT2D eigenvalue weighted by Crippen LogP contribution is 2.19. The average Bonchev–Trinajstić information content (AvgIpc) is 2.79. The first-order chi connectivity index (χ1) is 8.31. The van der Waals surface area contributed by atoms with Crippen LogP contribution in [0.1, 0.15) is 5.89 Å². The molecule has 0 spiro atoms. The molecule has 0 aliphatic carbocycles. The van der Waals surface area contributed by atoms with E-state index in [1.54, 1.807) is 18.2 Å². The number of hydrogen-bond acceptors (Lipinski definition) is 5. The lowest BCUT2D eigenvalue weighted by molar-refractivity contribution is 0.104. The number of ether oxygens (including phenoxy) is 1. The summed E-state index contributed by atoms with van der Waals surface area (Å²) in [5, 5.41) is 3.69. The van der Waals surface area contributed by atoms with E-state index in [1.807, 2.05) is 0 Å². The third kappa shape index (κ3) is 2.86. The van der Waals surface area contributed by atoms with Crippen LogP contribution in [0, 0.1) is 5.82 Å². The fourth-order valence-corrected chi connectivity index (χ4v) is 1.31. The summed E-state index contributed by atoms with van der Waals surface area (Å²) >= 11 is 0. The number of nitrogens with zero attached hydrogens (tertiary/aromatic N) is 2. The monoisotopic (exact) mass is 237 g/mol. The lowest BCUT2D eigenvalue weighted by atomic mass is 10.2. The van der Waals surface area contributed by atoms with Gasteiger partial charge in [0.2, 0.25) is 5.82 Å². The van der Waals surface area contributed by atoms with Gasteiger partial charge in [0.25, 0.3) is 5.89 Å². The Balaban J connectivity index is 2.10. The van der Waals surface area contributed by atoms with Crippen LogP contribution in [0.5, 0.6) is 0 Å². The summed E-state index contributed by atoms with van der Waals surface area (Å²) in [4.78, 5) is 4.03. The van der Waals surface area contributed by atoms with Crippen LogP contribution in [0.15, 0.2) is 28.8 Å². The van der Waals surface area contributed by atoms with Crippen molar-refractivity contribution in [2.75, 3.05) is 13.2 Å². The molecule has 2 aromatic rings. The van der Waals surface area contributed by atoms with Crippen LogP contribution in [-0.2, 0) is 11.3 Å². The van der Waals surface area contributed by atoms with Gasteiger partial charge in [-0.05, 0) is 12.1 Å². The molecule has 5 nitrogen and oxygen atoms in total. The van der Waals surface area contributed by atoms with Gasteiger partial charge in [-0.25, -0.2) is 4.39 Å². The number of aromatic nitrogens is 2. The van der Waals surface area contributed by atoms with E-state index in [1.165, 1.54) is 6.07 Å². The molecule has 1 aromatic carbocycles. The van der Waals surface area contributed by atoms with Crippen molar-refractivity contribution in [3.63, 3.8) is 0 Å². The van der Waals surface area contributed by atoms with Crippen LogP contribution >= 0.6 is 0 Å². The molecule has 0 amide bonds. The SMILES string of the molecule is NCCOCc1nc(-c2ccccc2F)no1. The van der Waals surface area contributed by atoms with Gasteiger partial charge in [0.05, 0.1) is 12.2 Å². The summed E-state index contributed by atoms with van der Waals surface area (Å²) in [7, 11) is 0. The molecule has 1 aromatic heterocycles. The van der Waals surface area contributed by atoms with Crippen molar-refractivity contribution in [2.24, 2.45) is 5.73 Å². The highest BCUT2D eigenvalue weighted by molar-refractivity contribution is 5.54. The second-order valence-electron chi connectivity index (χ2n) is 3.33. The maximum atomic E-state index is 13.4. The smallest absolute Gasteiger partial charge is 0.252 e. The van der Waals surface area contributed by atoms with Crippen LogP contribution in [0.4, 0.5) is 4.39 Å². The number of benzene rings is 1. The van der Waals surface area contributed by atoms with E-state index in [0.29, 0.717) is 24.6 Å². The minimum atomic E-state index is -0.386. The Kier molecular flexibility index (Phi) is 3.79. The normalized spacial score (nSPS) is 10.7. The van der Waals surface area contributed by atoms with Crippen molar-refractivity contribution < 1.29 is 13.7 Å². The van der Waals surface area contributed by atoms with Crippen molar-refractivity contribution in [1.29, 1.82) is 0 Å². The lowest BCUT2D eigenvalue weighted by Crippen LogP contribution is -2.08. The summed E-state index contributed by atoms with van der Waals surface area (Å²) < 4.78 is 23.5. The number of rotatable bonds is 5. The lowest BCUT2D eigenvalue weighted by Gasteiger charge is -1.96. The van der Waals surface area contributed by atoms with Gasteiger partial charge >= 0.3 is 0 Å². The van der Waals surface area contributed by atoms with E-state index in [2.05, 4.69) is 10.1 Å². The van der Waals surface area contributed by atoms with E-state index in [9.17, 15) is 4.39 Å². The number of hydrogen-bond donors (Lipinski definition) is 1. The van der Waals surface area contributed by atoms with Crippen molar-refractivity contribution in [1.82, 2.24) is 10.1 Å². The first-order valence-corrected chi connectivity index (χ1v) is 5.16. The molecule has 6 heteroatoms. The molecule has 0 aliphatic heterocycles. The molecule has 0 unspecified atom stereocenters. The first-order valence-electron chi connectivity index (χ1n) is 5.16. The third-order valence-electron chi connectivity index (χ3n) is 2.07. The molecular weight excluding hydrogens is 225 g/mol. The fraction of sp³-hybridized carbons (Fsp3) is 0.273. The fourth-order valence-electron chi connectivity index (χ4n) is 1.31. The summed E-state index contributed by atoms with van der Waals surface area (Å²) in [5.74, 6) is 0.133. The molecular formula is C11H12FN3O2. The highest BCUT2D eigenvalue weighted by Gasteiger charge is 2.11. The van der Waals surface area contributed by atoms with E-state index >= 15 is 0 Å². The van der Waals surface area contributed by atoms with Crippen molar-refractivity contribution in [2.45, 2.75) is 6.61 Å². The summed E-state index contributed by atoms with van der Waals surface area (Å²) in [6, 6.07) is 6.24. The minimum Gasteiger partial charge on any atom is -0.370 e. The van der Waals surface area contributed by atoms with Gasteiger partial charge in [-0.1, -0.05) is 17.3 Å². The molecule has 2 rings (SSSR count). The molecule has 90 valence electrons. The maximum Gasteiger partial charge on any atom is 0.252 e. The largest absolute Gasteiger partial charge is 0.370 e. The van der Waals surface area contributed by atoms with Gasteiger partial charge in [0.1, 0.15) is 12.4 Å². The molecule has 0 saturated carbocycles. The van der Waals surface area contributed by atoms with Crippen LogP contribution in [-0.4, -0.2) is 23.3 Å². The van der Waals surface area contributed by atoms with E-state index in [0.717, 1.165) is 0 Å². The molecule has 0 atom stereocenters. The zero-order chi connectivity index (χ0) is 12.1. The topological polar surface area (TPSA) is 74.2 Å². The van der Waals surface area contributed by atoms with E-state index in [4.69, 9.17) is 15.0 Å². The Morgan fingerprint density at radius 2 is 2.18 bits per heavy atom. The number of halogens is 1. The van der Waals surface area contributed by atoms with Crippen molar-refractivity contribution in [3.05, 3.63) is 36.0 Å². The second kappa shape index (κ2) is 5.51. The third-order valence-corrected chi connectivity index (χ3v) is 2.07. The Morgan fingerprint density at radius 3 is 2.94 bits per heavy atom. The van der Waals surface area contributed by atoms with Crippen LogP contribution < -0.4 is 5.73 Å². The highest BCUT2D eigenvalue weighted by atomic mass is 19.1. The molecule has 0 saturated heterocycles. The Morgan fingerprint density at radius 1 is 1.35 bits per heavy atom. The molecule has 17 heavy (non-hydrogen) atoms. The molecule has 0 radical (unpaired) electrons. The average molecular weight is 237 g/mol. The quantitative estimate of drug-likeness (QED) is 0.794. The first kappa shape index (κ1) is 11.7. The predicted octanol–water partition coefficient (Wildman–Crippen LogP) is 1.35. The van der Waals surface area contributed by atoms with E-state index in [-0.39, 0.29) is 18.2 Å². The number of nitrogens with two attached hydrogens (primary N) is 1. The van der Waals surface area contributed by atoms with Crippen LogP contribution in [0.3, 0.4) is 0 Å². The molecule has 0 aliphatic rings. The summed E-state index contributed by atoms with van der Waals surface area (Å²) in [6.07, 6.45) is 0. The Labute approximate surface area is 97.4 Å². The second-order valence-corrected chi connectivity index (χ2v) is 3.33. The Bertz CT molecular complexity index is 487. The van der Waals surface area contributed by atoms with Gasteiger partial charge in [0, 0.05) is 6.54 Å². The Hall–Kier alpha value is -1.79. The molecule has 1 heterocycles. The van der Waals surface area contributed by atoms with Gasteiger partial charge in [-0.3, -0.25) is 0 Å². The van der Waals surface area contributed by atoms with Gasteiger partial charge in [0.15, 0.2) is 0 Å². The zero-order valence-corrected chi connectivity index (χ0v) is 9.10. The minimum absolute atomic E-state index is 0.179. The molecule has 0 bridgehead atoms. The van der Waals surface area contributed by atoms with Crippen molar-refractivity contribution >= 4 is 0 Å². The van der Waals surface area contributed by atoms with Gasteiger partial charge < -0.3 is 15.0 Å². The maximum absolute atomic E-state index is 13.4. The van der Waals surface area contributed by atoms with E-state index < -0.39 is 0 Å². The molecule has 2 N–H and O–H groups in total. The van der Waals surface area contributed by atoms with Crippen LogP contribution in [0.2, 0.25) is 0 Å².